The Morgan fingerprint density at radius 1 is 1.04 bits per heavy atom. The van der Waals surface area contributed by atoms with Crippen molar-refractivity contribution in [3.63, 3.8) is 0 Å². The normalized spacial score (nSPS) is 10.4. The molecule has 0 amide bonds. The lowest BCUT2D eigenvalue weighted by molar-refractivity contribution is 0.300. The highest BCUT2D eigenvalue weighted by Gasteiger charge is 2.12. The number of benzene rings is 1. The lowest BCUT2D eigenvalue weighted by atomic mass is 10.2. The van der Waals surface area contributed by atoms with E-state index in [0.29, 0.717) is 29.3 Å². The van der Waals surface area contributed by atoms with Gasteiger partial charge >= 0.3 is 0 Å². The van der Waals surface area contributed by atoms with Crippen LogP contribution in [-0.2, 0) is 13.2 Å². The van der Waals surface area contributed by atoms with Gasteiger partial charge in [0, 0.05) is 18.3 Å². The molecule has 0 unspecified atom stereocenters. The molecule has 1 aromatic carbocycles. The molecule has 2 aromatic rings. The molecule has 0 saturated heterocycles. The van der Waals surface area contributed by atoms with Crippen molar-refractivity contribution in [2.45, 2.75) is 54.7 Å². The van der Waals surface area contributed by atoms with Crippen LogP contribution in [0.5, 0.6) is 5.75 Å². The van der Waals surface area contributed by atoms with E-state index in [0.717, 1.165) is 11.8 Å². The zero-order valence-corrected chi connectivity index (χ0v) is 15.8. The lowest BCUT2D eigenvalue weighted by Crippen LogP contribution is -2.26. The zero-order chi connectivity index (χ0) is 19.1. The Labute approximate surface area is 148 Å². The van der Waals surface area contributed by atoms with Crippen LogP contribution in [0.3, 0.4) is 0 Å². The van der Waals surface area contributed by atoms with Crippen molar-refractivity contribution in [2.24, 2.45) is 5.92 Å². The van der Waals surface area contributed by atoms with Crippen LogP contribution >= 0.6 is 0 Å². The Balaban J connectivity index is 0.00000151. The predicted molar refractivity (Wildman–Crippen MR) is 97.1 cm³/mol. The van der Waals surface area contributed by atoms with Crippen LogP contribution in [0.4, 0.5) is 8.78 Å². The molecule has 0 N–H and O–H groups in total. The van der Waals surface area contributed by atoms with Crippen molar-refractivity contribution >= 4 is 0 Å². The fourth-order valence-corrected chi connectivity index (χ4v) is 2.44. The molecule has 0 aliphatic carbocycles. The molecule has 0 radical (unpaired) electrons. The first-order chi connectivity index (χ1) is 11.8. The van der Waals surface area contributed by atoms with Gasteiger partial charge in [0.25, 0.3) is 5.56 Å². The highest BCUT2D eigenvalue weighted by atomic mass is 19.1. The first-order valence-electron chi connectivity index (χ1n) is 8.56. The summed E-state index contributed by atoms with van der Waals surface area (Å²) in [6.07, 6.45) is 0. The molecular weight excluding hydrogens is 324 g/mol. The van der Waals surface area contributed by atoms with Crippen molar-refractivity contribution in [3.8, 4) is 5.75 Å². The highest BCUT2D eigenvalue weighted by Crippen LogP contribution is 2.19. The SMILES string of the molecule is CC.Cc1c(OCc2cc(F)cc(F)c2)cc(C)n(CC(C)C)c1=O. The van der Waals surface area contributed by atoms with Gasteiger partial charge in [-0.15, -0.1) is 0 Å². The number of nitrogens with zero attached hydrogens (tertiary/aromatic N) is 1. The Morgan fingerprint density at radius 3 is 2.12 bits per heavy atom. The number of ether oxygens (including phenoxy) is 1. The maximum atomic E-state index is 13.2. The minimum absolute atomic E-state index is 0.00257. The lowest BCUT2D eigenvalue weighted by Gasteiger charge is -2.16. The molecule has 0 aliphatic rings. The van der Waals surface area contributed by atoms with Crippen molar-refractivity contribution in [2.75, 3.05) is 0 Å². The summed E-state index contributed by atoms with van der Waals surface area (Å²) in [6.45, 7) is 12.3. The molecule has 0 bridgehead atoms. The van der Waals surface area contributed by atoms with E-state index in [1.54, 1.807) is 17.6 Å². The zero-order valence-electron chi connectivity index (χ0n) is 15.8. The Kier molecular flexibility index (Phi) is 7.81. The first-order valence-corrected chi connectivity index (χ1v) is 8.56. The van der Waals surface area contributed by atoms with Gasteiger partial charge < -0.3 is 9.30 Å². The van der Waals surface area contributed by atoms with Crippen molar-refractivity contribution in [1.82, 2.24) is 4.57 Å². The van der Waals surface area contributed by atoms with Gasteiger partial charge in [-0.1, -0.05) is 27.7 Å². The van der Waals surface area contributed by atoms with Crippen LogP contribution in [0.1, 0.15) is 44.5 Å². The predicted octanol–water partition coefficient (Wildman–Crippen LogP) is 5.00. The summed E-state index contributed by atoms with van der Waals surface area (Å²) in [5, 5.41) is 0. The van der Waals surface area contributed by atoms with E-state index in [1.165, 1.54) is 12.1 Å². The molecule has 0 spiro atoms. The summed E-state index contributed by atoms with van der Waals surface area (Å²) in [4.78, 5) is 12.4. The van der Waals surface area contributed by atoms with Crippen LogP contribution in [-0.4, -0.2) is 4.57 Å². The van der Waals surface area contributed by atoms with Gasteiger partial charge in [0.05, 0.1) is 5.56 Å². The van der Waals surface area contributed by atoms with E-state index >= 15 is 0 Å². The number of halogens is 2. The van der Waals surface area contributed by atoms with E-state index in [4.69, 9.17) is 4.74 Å². The third-order valence-corrected chi connectivity index (χ3v) is 3.57. The van der Waals surface area contributed by atoms with E-state index in [-0.39, 0.29) is 12.2 Å². The number of aryl methyl sites for hydroxylation is 1. The number of pyridine rings is 1. The second-order valence-corrected chi connectivity index (χ2v) is 6.15. The molecule has 5 heteroatoms. The maximum Gasteiger partial charge on any atom is 0.257 e. The Morgan fingerprint density at radius 2 is 1.60 bits per heavy atom. The molecule has 0 aliphatic heterocycles. The molecule has 25 heavy (non-hydrogen) atoms. The average Bonchev–Trinajstić information content (AvgIpc) is 2.54. The molecule has 2 rings (SSSR count). The maximum absolute atomic E-state index is 13.2. The summed E-state index contributed by atoms with van der Waals surface area (Å²) in [7, 11) is 0. The summed E-state index contributed by atoms with van der Waals surface area (Å²) in [6, 6.07) is 5.03. The van der Waals surface area contributed by atoms with Crippen LogP contribution in [0.15, 0.2) is 29.1 Å². The van der Waals surface area contributed by atoms with E-state index in [9.17, 15) is 13.6 Å². The second kappa shape index (κ2) is 9.35. The third kappa shape index (κ3) is 5.69. The van der Waals surface area contributed by atoms with Gasteiger partial charge in [-0.25, -0.2) is 8.78 Å². The summed E-state index contributed by atoms with van der Waals surface area (Å²) < 4.78 is 33.7. The van der Waals surface area contributed by atoms with Gasteiger partial charge in [0.15, 0.2) is 0 Å². The van der Waals surface area contributed by atoms with Crippen molar-refractivity contribution in [1.29, 1.82) is 0 Å². The smallest absolute Gasteiger partial charge is 0.257 e. The summed E-state index contributed by atoms with van der Waals surface area (Å²) in [5.41, 5.74) is 1.58. The quantitative estimate of drug-likeness (QED) is 0.759. The molecule has 1 heterocycles. The average molecular weight is 351 g/mol. The number of rotatable bonds is 5. The largest absolute Gasteiger partial charge is 0.488 e. The number of aromatic nitrogens is 1. The monoisotopic (exact) mass is 351 g/mol. The molecule has 0 fully saturated rings. The van der Waals surface area contributed by atoms with Crippen LogP contribution in [0.2, 0.25) is 0 Å². The summed E-state index contributed by atoms with van der Waals surface area (Å²) >= 11 is 0. The minimum atomic E-state index is -0.649. The molecule has 3 nitrogen and oxygen atoms in total. The van der Waals surface area contributed by atoms with E-state index in [1.807, 2.05) is 34.6 Å². The fraction of sp³-hybridized carbons (Fsp3) is 0.450. The molecule has 0 saturated carbocycles. The van der Waals surface area contributed by atoms with Crippen molar-refractivity contribution < 1.29 is 13.5 Å². The van der Waals surface area contributed by atoms with Gasteiger partial charge in [-0.3, -0.25) is 4.79 Å². The standard InChI is InChI=1S/C18H21F2NO2.C2H6/c1-11(2)9-21-12(3)5-17(13(4)18(21)22)23-10-14-6-15(19)8-16(20)7-14;1-2/h5-8,11H,9-10H2,1-4H3;1-2H3. The fourth-order valence-electron chi connectivity index (χ4n) is 2.44. The minimum Gasteiger partial charge on any atom is -0.488 e. The third-order valence-electron chi connectivity index (χ3n) is 3.57. The van der Waals surface area contributed by atoms with E-state index < -0.39 is 11.6 Å². The van der Waals surface area contributed by atoms with Crippen LogP contribution < -0.4 is 10.3 Å². The van der Waals surface area contributed by atoms with Gasteiger partial charge in [-0.2, -0.15) is 0 Å². The van der Waals surface area contributed by atoms with Crippen LogP contribution in [0.25, 0.3) is 0 Å². The van der Waals surface area contributed by atoms with E-state index in [2.05, 4.69) is 0 Å². The molecule has 1 aromatic heterocycles. The Bertz CT molecular complexity index is 747. The van der Waals surface area contributed by atoms with Gasteiger partial charge in [-0.05, 0) is 43.5 Å². The number of hydrogen-bond donors (Lipinski definition) is 0. The number of hydrogen-bond acceptors (Lipinski definition) is 2. The highest BCUT2D eigenvalue weighted by molar-refractivity contribution is 5.33. The van der Waals surface area contributed by atoms with Gasteiger partial charge in [0.1, 0.15) is 24.0 Å². The second-order valence-electron chi connectivity index (χ2n) is 6.15. The topological polar surface area (TPSA) is 31.2 Å². The summed E-state index contributed by atoms with van der Waals surface area (Å²) in [5.74, 6) is -0.502. The molecular formula is C20H27F2NO2. The van der Waals surface area contributed by atoms with Crippen LogP contribution in [0, 0.1) is 31.4 Å². The molecule has 0 atom stereocenters. The van der Waals surface area contributed by atoms with Gasteiger partial charge in [0.2, 0.25) is 0 Å². The molecule has 138 valence electrons. The van der Waals surface area contributed by atoms with Crippen molar-refractivity contribution in [3.05, 3.63) is 63.1 Å². The first kappa shape index (κ1) is 20.9. The Hall–Kier alpha value is -2.17.